The molecule has 0 bridgehead atoms. The van der Waals surface area contributed by atoms with Gasteiger partial charge in [-0.05, 0) is 18.2 Å². The van der Waals surface area contributed by atoms with E-state index in [2.05, 4.69) is 5.32 Å². The zero-order valence-electron chi connectivity index (χ0n) is 7.83. The number of halogens is 1. The highest BCUT2D eigenvalue weighted by Crippen LogP contribution is 2.15. The summed E-state index contributed by atoms with van der Waals surface area (Å²) in [5.41, 5.74) is 0.839. The molecule has 1 aromatic rings. The normalized spacial score (nSPS) is 12.1. The van der Waals surface area contributed by atoms with Crippen LogP contribution in [0.5, 0.6) is 0 Å². The molecule has 0 aliphatic rings. The Hall–Kier alpha value is -1.22. The van der Waals surface area contributed by atoms with E-state index in [1.807, 2.05) is 12.1 Å². The van der Waals surface area contributed by atoms with Crippen LogP contribution in [0.25, 0.3) is 0 Å². The number of hydrogen-bond acceptors (Lipinski definition) is 2. The van der Waals surface area contributed by atoms with Crippen LogP contribution in [0.4, 0.5) is 5.69 Å². The Kier molecular flexibility index (Phi) is 3.77. The molecule has 76 valence electrons. The Morgan fingerprint density at radius 2 is 2.36 bits per heavy atom. The minimum absolute atomic E-state index is 0.398. The van der Waals surface area contributed by atoms with Crippen LogP contribution < -0.4 is 5.32 Å². The first-order valence-electron chi connectivity index (χ1n) is 4.32. The van der Waals surface area contributed by atoms with E-state index < -0.39 is 11.9 Å². The first-order chi connectivity index (χ1) is 6.59. The number of rotatable bonds is 4. The Balaban J connectivity index is 2.49. The Morgan fingerprint density at radius 3 is 2.93 bits per heavy atom. The Morgan fingerprint density at radius 1 is 1.64 bits per heavy atom. The van der Waals surface area contributed by atoms with Crippen LogP contribution in [0.3, 0.4) is 0 Å². The fourth-order valence-corrected chi connectivity index (χ4v) is 1.15. The van der Waals surface area contributed by atoms with Gasteiger partial charge in [-0.2, -0.15) is 0 Å². The molecule has 0 saturated carbocycles. The van der Waals surface area contributed by atoms with Crippen molar-refractivity contribution in [2.45, 2.75) is 6.92 Å². The summed E-state index contributed by atoms with van der Waals surface area (Å²) in [6.45, 7) is 2.05. The van der Waals surface area contributed by atoms with Gasteiger partial charge in [0.05, 0.1) is 5.92 Å². The monoisotopic (exact) mass is 213 g/mol. The number of carbonyl (C=O) groups is 1. The van der Waals surface area contributed by atoms with Crippen molar-refractivity contribution in [3.63, 3.8) is 0 Å². The molecule has 1 rings (SSSR count). The van der Waals surface area contributed by atoms with E-state index in [-0.39, 0.29) is 0 Å². The van der Waals surface area contributed by atoms with Gasteiger partial charge in [0.2, 0.25) is 0 Å². The molecular weight excluding hydrogens is 202 g/mol. The second-order valence-corrected chi connectivity index (χ2v) is 3.57. The average Bonchev–Trinajstić information content (AvgIpc) is 2.14. The number of anilines is 1. The van der Waals surface area contributed by atoms with Crippen LogP contribution in [0.15, 0.2) is 24.3 Å². The number of hydrogen-bond donors (Lipinski definition) is 2. The lowest BCUT2D eigenvalue weighted by molar-refractivity contribution is -0.140. The highest BCUT2D eigenvalue weighted by Gasteiger charge is 2.09. The molecule has 3 nitrogen and oxygen atoms in total. The summed E-state index contributed by atoms with van der Waals surface area (Å²) in [7, 11) is 0. The zero-order chi connectivity index (χ0) is 10.6. The Bertz CT molecular complexity index is 328. The summed E-state index contributed by atoms with van der Waals surface area (Å²) >= 11 is 5.77. The number of nitrogens with one attached hydrogen (secondary N) is 1. The van der Waals surface area contributed by atoms with Crippen LogP contribution in [0, 0.1) is 5.92 Å². The van der Waals surface area contributed by atoms with Crippen molar-refractivity contribution in [3.05, 3.63) is 29.3 Å². The maximum Gasteiger partial charge on any atom is 0.308 e. The third kappa shape index (κ3) is 3.26. The lowest BCUT2D eigenvalue weighted by atomic mass is 10.2. The summed E-state index contributed by atoms with van der Waals surface area (Å²) < 4.78 is 0. The number of carboxylic acid groups (broad SMARTS) is 1. The first kappa shape index (κ1) is 10.9. The van der Waals surface area contributed by atoms with Crippen LogP contribution in [0.2, 0.25) is 5.02 Å². The van der Waals surface area contributed by atoms with Crippen molar-refractivity contribution in [1.29, 1.82) is 0 Å². The molecule has 0 aliphatic heterocycles. The molecule has 0 aromatic heterocycles. The molecule has 0 saturated heterocycles. The molecule has 1 unspecified atom stereocenters. The lowest BCUT2D eigenvalue weighted by Gasteiger charge is -2.09. The highest BCUT2D eigenvalue weighted by molar-refractivity contribution is 6.30. The van der Waals surface area contributed by atoms with Crippen molar-refractivity contribution in [3.8, 4) is 0 Å². The second kappa shape index (κ2) is 4.86. The van der Waals surface area contributed by atoms with E-state index in [1.54, 1.807) is 19.1 Å². The van der Waals surface area contributed by atoms with Gasteiger partial charge in [0.25, 0.3) is 0 Å². The molecule has 14 heavy (non-hydrogen) atoms. The summed E-state index contributed by atoms with van der Waals surface area (Å²) in [5, 5.41) is 12.3. The van der Waals surface area contributed by atoms with Gasteiger partial charge in [-0.3, -0.25) is 4.79 Å². The van der Waals surface area contributed by atoms with Crippen LogP contribution in [0.1, 0.15) is 6.92 Å². The van der Waals surface area contributed by atoms with Gasteiger partial charge in [0.1, 0.15) is 0 Å². The predicted octanol–water partition coefficient (Wildman–Crippen LogP) is 2.47. The minimum atomic E-state index is -0.806. The molecule has 4 heteroatoms. The van der Waals surface area contributed by atoms with E-state index in [4.69, 9.17) is 16.7 Å². The molecule has 1 atom stereocenters. The Labute approximate surface area is 87.7 Å². The SMILES string of the molecule is CC(CNc1cccc(Cl)c1)C(=O)O. The van der Waals surface area contributed by atoms with E-state index in [0.717, 1.165) is 5.69 Å². The fourth-order valence-electron chi connectivity index (χ4n) is 0.957. The van der Waals surface area contributed by atoms with Gasteiger partial charge in [0, 0.05) is 17.3 Å². The number of benzene rings is 1. The quantitative estimate of drug-likeness (QED) is 0.808. The molecule has 2 N–H and O–H groups in total. The van der Waals surface area contributed by atoms with E-state index >= 15 is 0 Å². The van der Waals surface area contributed by atoms with Gasteiger partial charge in [-0.1, -0.05) is 24.6 Å². The molecule has 0 aliphatic carbocycles. The van der Waals surface area contributed by atoms with Gasteiger partial charge in [-0.15, -0.1) is 0 Å². The van der Waals surface area contributed by atoms with Crippen molar-refractivity contribution in [2.75, 3.05) is 11.9 Å². The van der Waals surface area contributed by atoms with E-state index in [0.29, 0.717) is 11.6 Å². The average molecular weight is 214 g/mol. The van der Waals surface area contributed by atoms with Crippen molar-refractivity contribution in [1.82, 2.24) is 0 Å². The number of carboxylic acids is 1. The lowest BCUT2D eigenvalue weighted by Crippen LogP contribution is -2.19. The van der Waals surface area contributed by atoms with E-state index in [9.17, 15) is 4.79 Å². The molecule has 0 fully saturated rings. The van der Waals surface area contributed by atoms with Gasteiger partial charge < -0.3 is 10.4 Å². The number of aliphatic carboxylic acids is 1. The van der Waals surface area contributed by atoms with Gasteiger partial charge >= 0.3 is 5.97 Å². The second-order valence-electron chi connectivity index (χ2n) is 3.13. The van der Waals surface area contributed by atoms with Crippen molar-refractivity contribution < 1.29 is 9.90 Å². The van der Waals surface area contributed by atoms with Crippen molar-refractivity contribution in [2.24, 2.45) is 5.92 Å². The summed E-state index contributed by atoms with van der Waals surface area (Å²) in [6.07, 6.45) is 0. The summed E-state index contributed by atoms with van der Waals surface area (Å²) in [5.74, 6) is -1.21. The maximum absolute atomic E-state index is 10.5. The molecule has 1 aromatic carbocycles. The van der Waals surface area contributed by atoms with Crippen LogP contribution in [-0.4, -0.2) is 17.6 Å². The van der Waals surface area contributed by atoms with Crippen molar-refractivity contribution >= 4 is 23.3 Å². The summed E-state index contributed by atoms with van der Waals surface area (Å²) in [6, 6.07) is 7.19. The molecule has 0 spiro atoms. The standard InChI is InChI=1S/C10H12ClNO2/c1-7(10(13)14)6-12-9-4-2-3-8(11)5-9/h2-5,7,12H,6H2,1H3,(H,13,14). The van der Waals surface area contributed by atoms with E-state index in [1.165, 1.54) is 0 Å². The predicted molar refractivity (Wildman–Crippen MR) is 56.7 cm³/mol. The zero-order valence-corrected chi connectivity index (χ0v) is 8.58. The molecule has 0 heterocycles. The van der Waals surface area contributed by atoms with Crippen LogP contribution in [-0.2, 0) is 4.79 Å². The highest BCUT2D eigenvalue weighted by atomic mass is 35.5. The first-order valence-corrected chi connectivity index (χ1v) is 4.69. The largest absolute Gasteiger partial charge is 0.481 e. The molecule has 0 radical (unpaired) electrons. The maximum atomic E-state index is 10.5. The van der Waals surface area contributed by atoms with Gasteiger partial charge in [-0.25, -0.2) is 0 Å². The third-order valence-corrected chi connectivity index (χ3v) is 2.09. The van der Waals surface area contributed by atoms with Gasteiger partial charge in [0.15, 0.2) is 0 Å². The molecule has 0 amide bonds. The summed E-state index contributed by atoms with van der Waals surface area (Å²) in [4.78, 5) is 10.5. The topological polar surface area (TPSA) is 49.3 Å². The third-order valence-electron chi connectivity index (χ3n) is 1.86. The van der Waals surface area contributed by atoms with Crippen LogP contribution >= 0.6 is 11.6 Å². The minimum Gasteiger partial charge on any atom is -0.481 e. The fraction of sp³-hybridized carbons (Fsp3) is 0.300. The smallest absolute Gasteiger partial charge is 0.308 e. The molecular formula is C10H12ClNO2.